The van der Waals surface area contributed by atoms with Crippen molar-refractivity contribution >= 4 is 11.9 Å². The second kappa shape index (κ2) is 7.53. The summed E-state index contributed by atoms with van der Waals surface area (Å²) in [6, 6.07) is 3.62. The van der Waals surface area contributed by atoms with Crippen molar-refractivity contribution in [2.24, 2.45) is 0 Å². The molecule has 1 rings (SSSR count). The first-order valence-electron chi connectivity index (χ1n) is 6.49. The van der Waals surface area contributed by atoms with Gasteiger partial charge in [-0.15, -0.1) is 0 Å². The summed E-state index contributed by atoms with van der Waals surface area (Å²) in [7, 11) is 1.59. The molecule has 0 amide bonds. The van der Waals surface area contributed by atoms with Crippen LogP contribution in [0.4, 0.5) is 0 Å². The van der Waals surface area contributed by atoms with E-state index in [1.165, 1.54) is 13.8 Å². The van der Waals surface area contributed by atoms with E-state index in [-0.39, 0.29) is 18.5 Å². The van der Waals surface area contributed by atoms with Crippen molar-refractivity contribution in [2.75, 3.05) is 13.7 Å². The lowest BCUT2D eigenvalue weighted by Crippen LogP contribution is -2.08. The Bertz CT molecular complexity index is 493. The van der Waals surface area contributed by atoms with Crippen molar-refractivity contribution < 1.29 is 23.8 Å². The van der Waals surface area contributed by atoms with Crippen molar-refractivity contribution in [1.29, 1.82) is 0 Å². The highest BCUT2D eigenvalue weighted by Crippen LogP contribution is 2.30. The van der Waals surface area contributed by atoms with Crippen LogP contribution in [0.1, 0.15) is 31.9 Å². The van der Waals surface area contributed by atoms with Crippen LogP contribution in [0.15, 0.2) is 12.1 Å². The molecule has 0 fully saturated rings. The van der Waals surface area contributed by atoms with Crippen molar-refractivity contribution in [1.82, 2.24) is 0 Å². The van der Waals surface area contributed by atoms with Gasteiger partial charge in [0.05, 0.1) is 13.7 Å². The predicted molar refractivity (Wildman–Crippen MR) is 74.0 cm³/mol. The molecule has 0 aliphatic heterocycles. The summed E-state index contributed by atoms with van der Waals surface area (Å²) in [5.41, 5.74) is 1.73. The molecule has 20 heavy (non-hydrogen) atoms. The maximum absolute atomic E-state index is 11.2. The fourth-order valence-electron chi connectivity index (χ4n) is 1.86. The maximum atomic E-state index is 11.2. The van der Waals surface area contributed by atoms with E-state index in [1.807, 2.05) is 13.0 Å². The number of aryl methyl sites for hydroxylation is 1. The molecule has 0 unspecified atom stereocenters. The Morgan fingerprint density at radius 2 is 1.70 bits per heavy atom. The molecule has 0 heterocycles. The standard InChI is InChI=1S/C15H20O5/c1-5-12-8-15(20-11(3)17)13(9-14(12)18-4)6-7-19-10(2)16/h8-9H,5-7H2,1-4H3. The lowest BCUT2D eigenvalue weighted by molar-refractivity contribution is -0.141. The summed E-state index contributed by atoms with van der Waals surface area (Å²) in [5, 5.41) is 0. The van der Waals surface area contributed by atoms with E-state index in [4.69, 9.17) is 14.2 Å². The average Bonchev–Trinajstić information content (AvgIpc) is 2.38. The van der Waals surface area contributed by atoms with E-state index in [2.05, 4.69) is 0 Å². The minimum atomic E-state index is -0.383. The van der Waals surface area contributed by atoms with Crippen LogP contribution < -0.4 is 9.47 Å². The molecular weight excluding hydrogens is 260 g/mol. The molecule has 0 aliphatic rings. The van der Waals surface area contributed by atoms with Crippen LogP contribution in [0.5, 0.6) is 11.5 Å². The number of carbonyl (C=O) groups is 2. The minimum absolute atomic E-state index is 0.234. The number of ether oxygens (including phenoxy) is 3. The van der Waals surface area contributed by atoms with Crippen molar-refractivity contribution in [3.8, 4) is 11.5 Å². The number of benzene rings is 1. The zero-order chi connectivity index (χ0) is 15.1. The van der Waals surface area contributed by atoms with Gasteiger partial charge in [0.2, 0.25) is 0 Å². The van der Waals surface area contributed by atoms with Crippen LogP contribution in [-0.4, -0.2) is 25.7 Å². The smallest absolute Gasteiger partial charge is 0.308 e. The molecule has 0 aliphatic carbocycles. The molecule has 1 aromatic carbocycles. The van der Waals surface area contributed by atoms with Crippen LogP contribution in [0.3, 0.4) is 0 Å². The molecule has 0 bridgehead atoms. The van der Waals surface area contributed by atoms with Gasteiger partial charge in [-0.2, -0.15) is 0 Å². The van der Waals surface area contributed by atoms with E-state index in [1.54, 1.807) is 13.2 Å². The average molecular weight is 280 g/mol. The zero-order valence-corrected chi connectivity index (χ0v) is 12.3. The number of carbonyl (C=O) groups excluding carboxylic acids is 2. The predicted octanol–water partition coefficient (Wildman–Crippen LogP) is 2.29. The third kappa shape index (κ3) is 4.57. The molecule has 5 nitrogen and oxygen atoms in total. The topological polar surface area (TPSA) is 61.8 Å². The van der Waals surface area contributed by atoms with E-state index >= 15 is 0 Å². The number of rotatable bonds is 6. The summed E-state index contributed by atoms with van der Waals surface area (Å²) in [6.45, 7) is 4.94. The number of hydrogen-bond donors (Lipinski definition) is 0. The van der Waals surface area contributed by atoms with Gasteiger partial charge in [-0.05, 0) is 24.1 Å². The van der Waals surface area contributed by atoms with Gasteiger partial charge in [-0.1, -0.05) is 6.92 Å². The summed E-state index contributed by atoms with van der Waals surface area (Å²) in [6.07, 6.45) is 1.23. The number of methoxy groups -OCH3 is 1. The number of esters is 2. The Labute approximate surface area is 118 Å². The quantitative estimate of drug-likeness (QED) is 0.591. The third-order valence-electron chi connectivity index (χ3n) is 2.77. The third-order valence-corrected chi connectivity index (χ3v) is 2.77. The molecule has 0 atom stereocenters. The van der Waals surface area contributed by atoms with Gasteiger partial charge in [0, 0.05) is 25.8 Å². The van der Waals surface area contributed by atoms with Gasteiger partial charge in [0.25, 0.3) is 0 Å². The summed E-state index contributed by atoms with van der Waals surface area (Å²) >= 11 is 0. The van der Waals surface area contributed by atoms with Crippen LogP contribution in [0.25, 0.3) is 0 Å². The first kappa shape index (κ1) is 16.0. The van der Waals surface area contributed by atoms with Crippen molar-refractivity contribution in [2.45, 2.75) is 33.6 Å². The zero-order valence-electron chi connectivity index (χ0n) is 12.3. The summed E-state index contributed by atoms with van der Waals surface area (Å²) in [4.78, 5) is 22.0. The molecule has 0 aromatic heterocycles. The Kier molecular flexibility index (Phi) is 6.03. The van der Waals surface area contributed by atoms with Crippen molar-refractivity contribution in [3.05, 3.63) is 23.3 Å². The molecule has 0 radical (unpaired) electrons. The number of hydrogen-bond acceptors (Lipinski definition) is 5. The molecule has 0 N–H and O–H groups in total. The monoisotopic (exact) mass is 280 g/mol. The van der Waals surface area contributed by atoms with Gasteiger partial charge in [0.15, 0.2) is 0 Å². The highest BCUT2D eigenvalue weighted by molar-refractivity contribution is 5.70. The van der Waals surface area contributed by atoms with Gasteiger partial charge < -0.3 is 14.2 Å². The Morgan fingerprint density at radius 1 is 1.05 bits per heavy atom. The largest absolute Gasteiger partial charge is 0.496 e. The van der Waals surface area contributed by atoms with Gasteiger partial charge >= 0.3 is 11.9 Å². The van der Waals surface area contributed by atoms with Gasteiger partial charge in [0.1, 0.15) is 11.5 Å². The minimum Gasteiger partial charge on any atom is -0.496 e. The van der Waals surface area contributed by atoms with Gasteiger partial charge in [-0.3, -0.25) is 9.59 Å². The summed E-state index contributed by atoms with van der Waals surface area (Å²) < 4.78 is 15.4. The molecule has 110 valence electrons. The van der Waals surface area contributed by atoms with E-state index in [9.17, 15) is 9.59 Å². The van der Waals surface area contributed by atoms with E-state index < -0.39 is 0 Å². The van der Waals surface area contributed by atoms with E-state index in [0.717, 1.165) is 23.3 Å². The summed E-state index contributed by atoms with van der Waals surface area (Å²) in [5.74, 6) is 0.505. The second-order valence-electron chi connectivity index (χ2n) is 4.31. The Hall–Kier alpha value is -2.04. The first-order chi connectivity index (χ1) is 9.47. The Morgan fingerprint density at radius 3 is 2.20 bits per heavy atom. The fraction of sp³-hybridized carbons (Fsp3) is 0.467. The molecule has 0 spiro atoms. The molecule has 5 heteroatoms. The first-order valence-corrected chi connectivity index (χ1v) is 6.49. The molecular formula is C15H20O5. The van der Waals surface area contributed by atoms with Crippen molar-refractivity contribution in [3.63, 3.8) is 0 Å². The molecule has 0 saturated carbocycles. The van der Waals surface area contributed by atoms with E-state index in [0.29, 0.717) is 12.2 Å². The van der Waals surface area contributed by atoms with Gasteiger partial charge in [-0.25, -0.2) is 0 Å². The SMILES string of the molecule is CCc1cc(OC(C)=O)c(CCOC(C)=O)cc1OC. The normalized spacial score (nSPS) is 10.0. The second-order valence-corrected chi connectivity index (χ2v) is 4.31. The van der Waals surface area contributed by atoms with Crippen LogP contribution in [0, 0.1) is 0 Å². The highest BCUT2D eigenvalue weighted by Gasteiger charge is 2.12. The van der Waals surface area contributed by atoms with Crippen LogP contribution in [0.2, 0.25) is 0 Å². The van der Waals surface area contributed by atoms with Crippen LogP contribution >= 0.6 is 0 Å². The van der Waals surface area contributed by atoms with Crippen LogP contribution in [-0.2, 0) is 27.2 Å². The maximum Gasteiger partial charge on any atom is 0.308 e. The Balaban J connectivity index is 3.03. The highest BCUT2D eigenvalue weighted by atomic mass is 16.5. The lowest BCUT2D eigenvalue weighted by Gasteiger charge is -2.14. The molecule has 0 saturated heterocycles. The molecule has 1 aromatic rings. The fourth-order valence-corrected chi connectivity index (χ4v) is 1.86. The lowest BCUT2D eigenvalue weighted by atomic mass is 10.0.